The molecule has 0 aliphatic rings. The Morgan fingerprint density at radius 2 is 1.86 bits per heavy atom. The highest BCUT2D eigenvalue weighted by Crippen LogP contribution is 2.22. The molecule has 0 bridgehead atoms. The van der Waals surface area contributed by atoms with Crippen LogP contribution in [-0.2, 0) is 9.59 Å². The van der Waals surface area contributed by atoms with E-state index in [1.54, 1.807) is 24.3 Å². The molecule has 1 N–H and O–H groups in total. The van der Waals surface area contributed by atoms with E-state index < -0.39 is 17.5 Å². The first-order valence-corrected chi connectivity index (χ1v) is 5.73. The van der Waals surface area contributed by atoms with Crippen LogP contribution in [0.5, 0.6) is 6.01 Å². The van der Waals surface area contributed by atoms with Crippen LogP contribution in [0.25, 0.3) is 10.9 Å². The van der Waals surface area contributed by atoms with Gasteiger partial charge in [0.2, 0.25) is 0 Å². The molecule has 2 rings (SSSR count). The lowest BCUT2D eigenvalue weighted by atomic mass is 10.2. The highest BCUT2D eigenvalue weighted by Gasteiger charge is 2.07. The highest BCUT2D eigenvalue weighted by molar-refractivity contribution is 6.11. The molecule has 1 aromatic carbocycles. The minimum absolute atomic E-state index is 0.0491. The monoisotopic (exact) mass is 287 g/mol. The van der Waals surface area contributed by atoms with Crippen LogP contribution < -0.4 is 20.3 Å². The topological polar surface area (TPSA) is 127 Å². The third-order valence-electron chi connectivity index (χ3n) is 2.56. The van der Waals surface area contributed by atoms with E-state index in [0.717, 1.165) is 6.20 Å². The molecule has 0 saturated carbocycles. The maximum absolute atomic E-state index is 10.7. The Hall–Kier alpha value is -3.16. The van der Waals surface area contributed by atoms with Crippen molar-refractivity contribution in [3.8, 4) is 6.01 Å². The van der Waals surface area contributed by atoms with E-state index in [9.17, 15) is 19.8 Å². The number of anilines is 1. The highest BCUT2D eigenvalue weighted by atomic mass is 16.5. The van der Waals surface area contributed by atoms with Gasteiger partial charge >= 0.3 is 6.01 Å². The molecule has 8 nitrogen and oxygen atoms in total. The fourth-order valence-electron chi connectivity index (χ4n) is 1.60. The summed E-state index contributed by atoms with van der Waals surface area (Å²) in [5, 5.41) is 24.4. The maximum Gasteiger partial charge on any atom is 0.318 e. The number of hydrogen-bond donors (Lipinski definition) is 1. The Balaban J connectivity index is 2.48. The van der Waals surface area contributed by atoms with Gasteiger partial charge in [-0.3, -0.25) is 0 Å². The quantitative estimate of drug-likeness (QED) is 0.397. The average Bonchev–Trinajstić information content (AvgIpc) is 2.46. The lowest BCUT2D eigenvalue weighted by Crippen LogP contribution is -2.36. The summed E-state index contributed by atoms with van der Waals surface area (Å²) in [5.41, 5.74) is -0.486. The number of carboxylic acid groups (broad SMARTS) is 2. The number of carboxylic acids is 2. The number of rotatable bonds is 5. The number of para-hydroxylation sites is 1. The van der Waals surface area contributed by atoms with Gasteiger partial charge in [-0.2, -0.15) is 9.97 Å². The standard InChI is InChI=1S/C13H11N3O5/c1-21-13-15-9-5-3-2-4-7(9)10(16-13)14-6-8(11(17)18)12(19)20/h2-6H,1H3,(H,17,18)(H,19,20)(H,14,15,16)/p-2. The van der Waals surface area contributed by atoms with Crippen molar-refractivity contribution in [2.24, 2.45) is 0 Å². The molecular weight excluding hydrogens is 278 g/mol. The van der Waals surface area contributed by atoms with Gasteiger partial charge in [-0.25, -0.2) is 0 Å². The molecule has 1 aromatic heterocycles. The predicted molar refractivity (Wildman–Crippen MR) is 67.8 cm³/mol. The Kier molecular flexibility index (Phi) is 3.98. The van der Waals surface area contributed by atoms with E-state index in [2.05, 4.69) is 15.3 Å². The SMILES string of the molecule is COc1nc(NC=C(C(=O)[O-])C(=O)[O-])c2ccccc2n1. The molecular formula is C13H9N3O5-2. The molecule has 21 heavy (non-hydrogen) atoms. The van der Waals surface area contributed by atoms with E-state index in [1.165, 1.54) is 7.11 Å². The molecule has 0 saturated heterocycles. The summed E-state index contributed by atoms with van der Waals surface area (Å²) in [4.78, 5) is 29.4. The Labute approximate surface area is 118 Å². The van der Waals surface area contributed by atoms with Gasteiger partial charge in [0.1, 0.15) is 5.82 Å². The van der Waals surface area contributed by atoms with Gasteiger partial charge in [-0.1, -0.05) is 12.1 Å². The number of ether oxygens (including phenoxy) is 1. The minimum Gasteiger partial charge on any atom is -0.545 e. The van der Waals surface area contributed by atoms with Crippen molar-refractivity contribution < 1.29 is 24.5 Å². The van der Waals surface area contributed by atoms with Gasteiger partial charge in [-0.05, 0) is 12.1 Å². The summed E-state index contributed by atoms with van der Waals surface area (Å²) in [6, 6.07) is 6.91. The van der Waals surface area contributed by atoms with Crippen LogP contribution >= 0.6 is 0 Å². The van der Waals surface area contributed by atoms with Crippen LogP contribution in [0.1, 0.15) is 0 Å². The van der Waals surface area contributed by atoms with Crippen molar-refractivity contribution in [2.75, 3.05) is 12.4 Å². The molecule has 2 aromatic rings. The molecule has 0 aliphatic carbocycles. The number of aromatic nitrogens is 2. The largest absolute Gasteiger partial charge is 0.545 e. The molecule has 0 amide bonds. The molecule has 0 spiro atoms. The fraction of sp³-hybridized carbons (Fsp3) is 0.0769. The lowest BCUT2D eigenvalue weighted by Gasteiger charge is -2.11. The van der Waals surface area contributed by atoms with E-state index in [4.69, 9.17) is 4.74 Å². The number of hydrogen-bond acceptors (Lipinski definition) is 8. The number of methoxy groups -OCH3 is 1. The van der Waals surface area contributed by atoms with E-state index in [0.29, 0.717) is 10.9 Å². The van der Waals surface area contributed by atoms with Crippen molar-refractivity contribution in [3.05, 3.63) is 36.0 Å². The summed E-state index contributed by atoms with van der Waals surface area (Å²) in [6.45, 7) is 0. The van der Waals surface area contributed by atoms with Gasteiger partial charge in [0.05, 0.1) is 24.6 Å². The summed E-state index contributed by atoms with van der Waals surface area (Å²) >= 11 is 0. The molecule has 0 fully saturated rings. The van der Waals surface area contributed by atoms with Crippen LogP contribution in [0.15, 0.2) is 36.0 Å². The zero-order valence-electron chi connectivity index (χ0n) is 10.8. The molecule has 0 atom stereocenters. The Morgan fingerprint density at radius 1 is 1.19 bits per heavy atom. The maximum atomic E-state index is 10.7. The van der Waals surface area contributed by atoms with E-state index in [-0.39, 0.29) is 11.8 Å². The third kappa shape index (κ3) is 3.06. The van der Waals surface area contributed by atoms with Gasteiger partial charge < -0.3 is 29.9 Å². The van der Waals surface area contributed by atoms with Crippen LogP contribution in [0.3, 0.4) is 0 Å². The zero-order chi connectivity index (χ0) is 15.4. The second-order valence-electron chi connectivity index (χ2n) is 3.85. The van der Waals surface area contributed by atoms with Gasteiger partial charge in [0.25, 0.3) is 0 Å². The van der Waals surface area contributed by atoms with Crippen LogP contribution in [0.2, 0.25) is 0 Å². The number of nitrogens with zero attached hydrogens (tertiary/aromatic N) is 2. The fourth-order valence-corrected chi connectivity index (χ4v) is 1.60. The number of carbonyl (C=O) groups excluding carboxylic acids is 2. The summed E-state index contributed by atoms with van der Waals surface area (Å²) in [5.74, 6) is -3.54. The number of fused-ring (bicyclic) bond motifs is 1. The summed E-state index contributed by atoms with van der Waals surface area (Å²) in [7, 11) is 1.37. The predicted octanol–water partition coefficient (Wildman–Crippen LogP) is -1.57. The molecule has 0 radical (unpaired) electrons. The first kappa shape index (κ1) is 14.3. The molecule has 0 unspecified atom stereocenters. The Bertz CT molecular complexity index is 726. The van der Waals surface area contributed by atoms with Crippen molar-refractivity contribution in [3.63, 3.8) is 0 Å². The molecule has 108 valence electrons. The first-order valence-electron chi connectivity index (χ1n) is 5.73. The van der Waals surface area contributed by atoms with Gasteiger partial charge in [0, 0.05) is 17.2 Å². The smallest absolute Gasteiger partial charge is 0.318 e. The minimum atomic E-state index is -1.87. The van der Waals surface area contributed by atoms with Crippen molar-refractivity contribution in [1.29, 1.82) is 0 Å². The van der Waals surface area contributed by atoms with E-state index in [1.807, 2.05) is 0 Å². The summed E-state index contributed by atoms with van der Waals surface area (Å²) < 4.78 is 4.92. The van der Waals surface area contributed by atoms with Crippen molar-refractivity contribution in [1.82, 2.24) is 9.97 Å². The van der Waals surface area contributed by atoms with E-state index >= 15 is 0 Å². The van der Waals surface area contributed by atoms with Gasteiger partial charge in [-0.15, -0.1) is 0 Å². The second kappa shape index (κ2) is 5.87. The zero-order valence-corrected chi connectivity index (χ0v) is 10.8. The normalized spacial score (nSPS) is 9.95. The molecule has 1 heterocycles. The van der Waals surface area contributed by atoms with Crippen LogP contribution in [0, 0.1) is 0 Å². The summed E-state index contributed by atoms with van der Waals surface area (Å²) in [6.07, 6.45) is 0.735. The lowest BCUT2D eigenvalue weighted by molar-refractivity contribution is -0.312. The molecule has 8 heteroatoms. The van der Waals surface area contributed by atoms with Crippen molar-refractivity contribution >= 4 is 28.7 Å². The molecule has 0 aliphatic heterocycles. The Morgan fingerprint density at radius 3 is 2.48 bits per heavy atom. The van der Waals surface area contributed by atoms with Gasteiger partial charge in [0.15, 0.2) is 0 Å². The van der Waals surface area contributed by atoms with Crippen molar-refractivity contribution in [2.45, 2.75) is 0 Å². The third-order valence-corrected chi connectivity index (χ3v) is 2.56. The number of carbonyl (C=O) groups is 2. The average molecular weight is 287 g/mol. The number of nitrogens with one attached hydrogen (secondary N) is 1. The number of benzene rings is 1. The number of aliphatic carboxylic acids is 2. The van der Waals surface area contributed by atoms with Crippen LogP contribution in [-0.4, -0.2) is 29.0 Å². The second-order valence-corrected chi connectivity index (χ2v) is 3.85. The first-order chi connectivity index (χ1) is 10.0. The van der Waals surface area contributed by atoms with Crippen LogP contribution in [0.4, 0.5) is 5.82 Å².